The lowest BCUT2D eigenvalue weighted by Crippen LogP contribution is -2.11. The molecule has 0 aliphatic carbocycles. The van der Waals surface area contributed by atoms with Crippen molar-refractivity contribution in [1.82, 2.24) is 9.13 Å². The predicted molar refractivity (Wildman–Crippen MR) is 347 cm³/mol. The Hall–Kier alpha value is -10.6. The van der Waals surface area contributed by atoms with Gasteiger partial charge in [-0.2, -0.15) is 10.5 Å². The highest BCUT2D eigenvalue weighted by Crippen LogP contribution is 2.53. The van der Waals surface area contributed by atoms with E-state index in [0.717, 1.165) is 124 Å². The molecule has 17 aromatic rings. The topological polar surface area (TPSA) is 57.4 Å². The fourth-order valence-corrected chi connectivity index (χ4v) is 15.8. The molecule has 82 heavy (non-hydrogen) atoms. The van der Waals surface area contributed by atoms with Gasteiger partial charge < -0.3 is 9.13 Å². The molecule has 0 atom stereocenters. The van der Waals surface area contributed by atoms with Gasteiger partial charge in [-0.1, -0.05) is 206 Å². The summed E-state index contributed by atoms with van der Waals surface area (Å²) in [5.74, 6) is 0. The summed E-state index contributed by atoms with van der Waals surface area (Å²) in [5, 5.41) is 38.3. The highest BCUT2D eigenvalue weighted by atomic mass is 32.1. The molecule has 378 valence electrons. The fraction of sp³-hybridized carbons (Fsp3) is 0. The Bertz CT molecular complexity index is 5400. The van der Waals surface area contributed by atoms with E-state index in [1.807, 2.05) is 0 Å². The minimum Gasteiger partial charge on any atom is -0.306 e. The van der Waals surface area contributed by atoms with Gasteiger partial charge in [-0.25, -0.2) is 0 Å². The molecular weight excluding hydrogens is 1030 g/mol. The predicted octanol–water partition coefficient (Wildman–Crippen LogP) is 21.3. The van der Waals surface area contributed by atoms with E-state index in [1.54, 1.807) is 22.7 Å². The van der Waals surface area contributed by atoms with Gasteiger partial charge in [0.25, 0.3) is 0 Å². The molecule has 0 amide bonds. The van der Waals surface area contributed by atoms with E-state index in [0.29, 0.717) is 28.1 Å². The average Bonchev–Trinajstić information content (AvgIpc) is 2.21. The smallest absolute Gasteiger partial charge is 0.102 e. The van der Waals surface area contributed by atoms with Crippen molar-refractivity contribution in [2.75, 3.05) is 0 Å². The Morgan fingerprint density at radius 1 is 0.280 bits per heavy atom. The Morgan fingerprint density at radius 2 is 0.671 bits per heavy atom. The molecule has 4 aromatic heterocycles. The Kier molecular flexibility index (Phi) is 10.1. The van der Waals surface area contributed by atoms with Gasteiger partial charge >= 0.3 is 0 Å². The van der Waals surface area contributed by atoms with E-state index in [9.17, 15) is 10.5 Å². The standard InChI is InChI=1S/C76H42N4S2/c77-43-63-69(53-29-27-47-19-7-9-21-49(47)39-53)64(44-78)72(80-66-38-32-52(46-17-5-2-6-18-46)42-62(66)58-34-36-60-56-24-12-14-26-68(56)82-76(60)74(58)80)70(54-30-28-48-20-8-10-22-50(48)40-54)71(63)79-65-37-31-51(45-15-3-1-4-16-45)41-61(65)57-33-35-59-55-23-11-13-25-67(55)81-75(59)73(57)79/h1-42H. The van der Waals surface area contributed by atoms with Crippen LogP contribution in [0.3, 0.4) is 0 Å². The molecule has 0 radical (unpaired) electrons. The van der Waals surface area contributed by atoms with E-state index in [4.69, 9.17) is 0 Å². The van der Waals surface area contributed by atoms with Gasteiger partial charge in [-0.15, -0.1) is 22.7 Å². The van der Waals surface area contributed by atoms with Crippen molar-refractivity contribution >= 4 is 128 Å². The number of hydrogen-bond acceptors (Lipinski definition) is 4. The summed E-state index contributed by atoms with van der Waals surface area (Å²) in [6.07, 6.45) is 0. The normalized spacial score (nSPS) is 11.9. The van der Waals surface area contributed by atoms with Crippen LogP contribution in [-0.4, -0.2) is 9.13 Å². The molecule has 0 saturated carbocycles. The third-order valence-corrected chi connectivity index (χ3v) is 19.3. The summed E-state index contributed by atoms with van der Waals surface area (Å²) in [4.78, 5) is 0. The SMILES string of the molecule is N#Cc1c(-c2ccc3ccccc3c2)c(C#N)c(-n2c3ccc(-c4ccccc4)cc3c3ccc4c5ccccc5sc4c32)c(-c2ccc3ccccc3c2)c1-n1c2ccc(-c3ccccc3)cc2c2ccc3c4ccccc4sc3c21. The third-order valence-electron chi connectivity index (χ3n) is 17.0. The van der Waals surface area contributed by atoms with Gasteiger partial charge in [0.1, 0.15) is 12.1 Å². The number of aromatic nitrogens is 2. The number of nitrogens with zero attached hydrogens (tertiary/aromatic N) is 4. The van der Waals surface area contributed by atoms with E-state index >= 15 is 0 Å². The summed E-state index contributed by atoms with van der Waals surface area (Å²) in [6, 6.07) is 97.0. The summed E-state index contributed by atoms with van der Waals surface area (Å²) < 4.78 is 9.44. The maximum Gasteiger partial charge on any atom is 0.102 e. The second kappa shape index (κ2) is 18.0. The van der Waals surface area contributed by atoms with Crippen molar-refractivity contribution in [3.8, 4) is 68.0 Å². The molecule has 4 heterocycles. The first-order valence-corrected chi connectivity index (χ1v) is 29.1. The molecule has 0 saturated heterocycles. The monoisotopic (exact) mass is 1070 g/mol. The lowest BCUT2D eigenvalue weighted by molar-refractivity contribution is 1.13. The molecule has 17 rings (SSSR count). The minimum atomic E-state index is 0.418. The van der Waals surface area contributed by atoms with Crippen LogP contribution in [0.4, 0.5) is 0 Å². The number of benzene rings is 13. The van der Waals surface area contributed by atoms with Crippen LogP contribution in [0.15, 0.2) is 255 Å². The number of nitriles is 2. The maximum atomic E-state index is 12.6. The largest absolute Gasteiger partial charge is 0.306 e. The number of thiophene rings is 2. The zero-order chi connectivity index (χ0) is 54.2. The Balaban J connectivity index is 1.15. The summed E-state index contributed by atoms with van der Waals surface area (Å²) >= 11 is 3.58. The lowest BCUT2D eigenvalue weighted by Gasteiger charge is -2.26. The van der Waals surface area contributed by atoms with Gasteiger partial charge in [0.15, 0.2) is 0 Å². The first-order chi connectivity index (χ1) is 40.6. The molecule has 0 aliphatic heterocycles. The van der Waals surface area contributed by atoms with Crippen molar-refractivity contribution in [2.45, 2.75) is 0 Å². The van der Waals surface area contributed by atoms with Crippen molar-refractivity contribution in [2.24, 2.45) is 0 Å². The zero-order valence-electron chi connectivity index (χ0n) is 43.9. The number of rotatable bonds is 6. The highest BCUT2D eigenvalue weighted by molar-refractivity contribution is 7.27. The molecular formula is C76H42N4S2. The Labute approximate surface area is 478 Å². The quantitative estimate of drug-likeness (QED) is 0.167. The van der Waals surface area contributed by atoms with Gasteiger partial charge in [0.05, 0.1) is 54.0 Å². The highest BCUT2D eigenvalue weighted by Gasteiger charge is 2.33. The molecule has 13 aromatic carbocycles. The maximum absolute atomic E-state index is 12.6. The first kappa shape index (κ1) is 46.3. The van der Waals surface area contributed by atoms with Crippen LogP contribution in [0, 0.1) is 22.7 Å². The van der Waals surface area contributed by atoms with E-state index < -0.39 is 0 Å². The van der Waals surface area contributed by atoms with Gasteiger partial charge in [-0.05, 0) is 103 Å². The van der Waals surface area contributed by atoms with Crippen molar-refractivity contribution in [1.29, 1.82) is 10.5 Å². The second-order valence-corrected chi connectivity index (χ2v) is 23.4. The summed E-state index contributed by atoms with van der Waals surface area (Å²) in [7, 11) is 0. The average molecular weight is 1080 g/mol. The summed E-state index contributed by atoms with van der Waals surface area (Å²) in [5.41, 5.74) is 13.7. The molecule has 4 nitrogen and oxygen atoms in total. The van der Waals surface area contributed by atoms with Crippen LogP contribution in [0.5, 0.6) is 0 Å². The first-order valence-electron chi connectivity index (χ1n) is 27.5. The van der Waals surface area contributed by atoms with Crippen LogP contribution in [0.1, 0.15) is 11.1 Å². The van der Waals surface area contributed by atoms with Gasteiger partial charge in [0, 0.05) is 63.6 Å². The third kappa shape index (κ3) is 6.75. The van der Waals surface area contributed by atoms with Gasteiger partial charge in [-0.3, -0.25) is 0 Å². The van der Waals surface area contributed by atoms with Crippen LogP contribution in [0.2, 0.25) is 0 Å². The zero-order valence-corrected chi connectivity index (χ0v) is 45.5. The molecule has 0 fully saturated rings. The van der Waals surface area contributed by atoms with Crippen LogP contribution in [0.25, 0.3) is 161 Å². The summed E-state index contributed by atoms with van der Waals surface area (Å²) in [6.45, 7) is 0. The van der Waals surface area contributed by atoms with Crippen LogP contribution >= 0.6 is 22.7 Å². The molecule has 0 spiro atoms. The number of hydrogen-bond donors (Lipinski definition) is 0. The minimum absolute atomic E-state index is 0.418. The second-order valence-electron chi connectivity index (χ2n) is 21.3. The molecule has 0 bridgehead atoms. The molecule has 6 heteroatoms. The number of fused-ring (bicyclic) bond motifs is 16. The molecule has 0 unspecified atom stereocenters. The van der Waals surface area contributed by atoms with E-state index in [1.165, 1.54) is 20.2 Å². The van der Waals surface area contributed by atoms with Crippen LogP contribution < -0.4 is 0 Å². The molecule has 0 aliphatic rings. The van der Waals surface area contributed by atoms with Gasteiger partial charge in [0.2, 0.25) is 0 Å². The Morgan fingerprint density at radius 3 is 1.13 bits per heavy atom. The van der Waals surface area contributed by atoms with E-state index in [-0.39, 0.29) is 0 Å². The van der Waals surface area contributed by atoms with Crippen LogP contribution in [-0.2, 0) is 0 Å². The molecule has 0 N–H and O–H groups in total. The van der Waals surface area contributed by atoms with E-state index in [2.05, 4.69) is 276 Å². The van der Waals surface area contributed by atoms with Crippen molar-refractivity contribution in [3.63, 3.8) is 0 Å². The van der Waals surface area contributed by atoms with Crippen molar-refractivity contribution in [3.05, 3.63) is 266 Å². The van der Waals surface area contributed by atoms with Crippen molar-refractivity contribution < 1.29 is 0 Å². The lowest BCUT2D eigenvalue weighted by atomic mass is 9.85. The fourth-order valence-electron chi connectivity index (χ4n) is 13.3.